The van der Waals surface area contributed by atoms with Gasteiger partial charge in [0, 0.05) is 11.9 Å². The second-order valence-electron chi connectivity index (χ2n) is 5.07. The number of alkyl halides is 1. The van der Waals surface area contributed by atoms with Gasteiger partial charge in [0.25, 0.3) is 0 Å². The molecule has 0 aliphatic heterocycles. The van der Waals surface area contributed by atoms with E-state index in [0.29, 0.717) is 5.88 Å². The van der Waals surface area contributed by atoms with Crippen LogP contribution in [0.2, 0.25) is 0 Å². The third kappa shape index (κ3) is 3.49. The van der Waals surface area contributed by atoms with E-state index in [-0.39, 0.29) is 11.9 Å². The minimum atomic E-state index is -0.445. The highest BCUT2D eigenvalue weighted by atomic mass is 35.5. The molecule has 2 nitrogen and oxygen atoms in total. The number of carbonyl (C=O) groups excluding carboxylic acids is 1. The van der Waals surface area contributed by atoms with Gasteiger partial charge >= 0.3 is 0 Å². The summed E-state index contributed by atoms with van der Waals surface area (Å²) in [6, 6.07) is 0.289. The van der Waals surface area contributed by atoms with Crippen molar-refractivity contribution in [3.63, 3.8) is 0 Å². The van der Waals surface area contributed by atoms with E-state index in [2.05, 4.69) is 12.2 Å². The fourth-order valence-corrected chi connectivity index (χ4v) is 1.51. The molecule has 1 fully saturated rings. The third-order valence-corrected chi connectivity index (χ3v) is 3.38. The summed E-state index contributed by atoms with van der Waals surface area (Å²) in [5.41, 5.74) is -0.445. The molecule has 1 N–H and O–H groups in total. The van der Waals surface area contributed by atoms with Crippen molar-refractivity contribution in [1.29, 1.82) is 0 Å². The number of nitrogens with one attached hydrogen (secondary N) is 1. The van der Waals surface area contributed by atoms with Crippen LogP contribution >= 0.6 is 11.6 Å². The molecule has 0 aromatic heterocycles. The lowest BCUT2D eigenvalue weighted by Crippen LogP contribution is -2.42. The van der Waals surface area contributed by atoms with Gasteiger partial charge in [0.15, 0.2) is 0 Å². The quantitative estimate of drug-likeness (QED) is 0.705. The molecular formula is C11H20ClNO. The molecule has 0 bridgehead atoms. The Morgan fingerprint density at radius 3 is 2.57 bits per heavy atom. The number of halogens is 1. The number of hydrogen-bond donors (Lipinski definition) is 1. The fraction of sp³-hybridized carbons (Fsp3) is 0.909. The second-order valence-corrected chi connectivity index (χ2v) is 5.34. The first kappa shape index (κ1) is 11.8. The fourth-order valence-electron chi connectivity index (χ4n) is 1.39. The van der Waals surface area contributed by atoms with Crippen molar-refractivity contribution < 1.29 is 4.79 Å². The lowest BCUT2D eigenvalue weighted by Gasteiger charge is -2.23. The van der Waals surface area contributed by atoms with Gasteiger partial charge in [0.05, 0.1) is 5.41 Å². The van der Waals surface area contributed by atoms with Gasteiger partial charge in [-0.05, 0) is 33.1 Å². The van der Waals surface area contributed by atoms with Crippen LogP contribution in [-0.4, -0.2) is 17.8 Å². The Morgan fingerprint density at radius 2 is 2.14 bits per heavy atom. The highest BCUT2D eigenvalue weighted by Gasteiger charge is 2.29. The predicted molar refractivity (Wildman–Crippen MR) is 59.4 cm³/mol. The van der Waals surface area contributed by atoms with Crippen LogP contribution in [0.3, 0.4) is 0 Å². The second kappa shape index (κ2) is 4.52. The van der Waals surface area contributed by atoms with Crippen molar-refractivity contribution in [3.05, 3.63) is 0 Å². The Balaban J connectivity index is 2.30. The standard InChI is InChI=1S/C11H20ClNO/c1-8(6-9-4-5-9)13-10(14)11(2,3)7-12/h8-9H,4-7H2,1-3H3,(H,13,14). The average Bonchev–Trinajstić information content (AvgIpc) is 2.88. The Kier molecular flexibility index (Phi) is 3.82. The smallest absolute Gasteiger partial charge is 0.227 e. The number of carbonyl (C=O) groups is 1. The van der Waals surface area contributed by atoms with Crippen LogP contribution in [0.5, 0.6) is 0 Å². The summed E-state index contributed by atoms with van der Waals surface area (Å²) in [6.07, 6.45) is 3.78. The van der Waals surface area contributed by atoms with E-state index in [4.69, 9.17) is 11.6 Å². The van der Waals surface area contributed by atoms with Crippen LogP contribution in [0.25, 0.3) is 0 Å². The first-order valence-corrected chi connectivity index (χ1v) is 5.86. The van der Waals surface area contributed by atoms with Crippen molar-refractivity contribution in [1.82, 2.24) is 5.32 Å². The van der Waals surface area contributed by atoms with E-state index < -0.39 is 5.41 Å². The Labute approximate surface area is 91.4 Å². The minimum absolute atomic E-state index is 0.0700. The molecule has 1 unspecified atom stereocenters. The summed E-state index contributed by atoms with van der Waals surface area (Å²) in [7, 11) is 0. The van der Waals surface area contributed by atoms with Crippen molar-refractivity contribution >= 4 is 17.5 Å². The van der Waals surface area contributed by atoms with Crippen LogP contribution in [0, 0.1) is 11.3 Å². The number of amides is 1. The molecule has 0 radical (unpaired) electrons. The largest absolute Gasteiger partial charge is 0.353 e. The normalized spacial score (nSPS) is 19.1. The molecule has 14 heavy (non-hydrogen) atoms. The lowest BCUT2D eigenvalue weighted by molar-refractivity contribution is -0.129. The molecule has 1 aliphatic carbocycles. The summed E-state index contributed by atoms with van der Waals surface area (Å²) in [5.74, 6) is 1.29. The lowest BCUT2D eigenvalue weighted by atomic mass is 9.94. The van der Waals surface area contributed by atoms with Gasteiger partial charge in [-0.15, -0.1) is 11.6 Å². The van der Waals surface area contributed by atoms with E-state index >= 15 is 0 Å². The highest BCUT2D eigenvalue weighted by molar-refractivity contribution is 6.19. The SMILES string of the molecule is CC(CC1CC1)NC(=O)C(C)(C)CCl. The van der Waals surface area contributed by atoms with Crippen LogP contribution in [0.4, 0.5) is 0 Å². The molecule has 0 heterocycles. The molecule has 0 aromatic rings. The molecular weight excluding hydrogens is 198 g/mol. The van der Waals surface area contributed by atoms with Gasteiger partial charge in [-0.3, -0.25) is 4.79 Å². The molecule has 1 amide bonds. The van der Waals surface area contributed by atoms with E-state index in [9.17, 15) is 4.79 Å². The van der Waals surface area contributed by atoms with Gasteiger partial charge in [0.2, 0.25) is 5.91 Å². The van der Waals surface area contributed by atoms with Crippen LogP contribution in [-0.2, 0) is 4.79 Å². The van der Waals surface area contributed by atoms with Gasteiger partial charge in [-0.1, -0.05) is 12.8 Å². The summed E-state index contributed by atoms with van der Waals surface area (Å²) in [5, 5.41) is 3.02. The summed E-state index contributed by atoms with van der Waals surface area (Å²) >= 11 is 5.73. The van der Waals surface area contributed by atoms with Crippen molar-refractivity contribution in [2.45, 2.75) is 46.1 Å². The van der Waals surface area contributed by atoms with Crippen molar-refractivity contribution in [3.8, 4) is 0 Å². The van der Waals surface area contributed by atoms with E-state index in [1.165, 1.54) is 12.8 Å². The molecule has 1 rings (SSSR count). The molecule has 0 aromatic carbocycles. The molecule has 1 saturated carbocycles. The Morgan fingerprint density at radius 1 is 1.57 bits per heavy atom. The number of hydrogen-bond acceptors (Lipinski definition) is 1. The third-order valence-electron chi connectivity index (χ3n) is 2.71. The zero-order chi connectivity index (χ0) is 10.8. The zero-order valence-electron chi connectivity index (χ0n) is 9.27. The molecule has 1 aliphatic rings. The summed E-state index contributed by atoms with van der Waals surface area (Å²) in [6.45, 7) is 5.82. The average molecular weight is 218 g/mol. The molecule has 0 spiro atoms. The molecule has 82 valence electrons. The zero-order valence-corrected chi connectivity index (χ0v) is 10.0. The topological polar surface area (TPSA) is 29.1 Å². The van der Waals surface area contributed by atoms with Crippen LogP contribution < -0.4 is 5.32 Å². The van der Waals surface area contributed by atoms with Crippen LogP contribution in [0.1, 0.15) is 40.0 Å². The van der Waals surface area contributed by atoms with Gasteiger partial charge in [0.1, 0.15) is 0 Å². The summed E-state index contributed by atoms with van der Waals surface area (Å²) < 4.78 is 0. The molecule has 0 saturated heterocycles. The molecule has 1 atom stereocenters. The first-order valence-electron chi connectivity index (χ1n) is 5.32. The Bertz CT molecular complexity index is 211. The van der Waals surface area contributed by atoms with Crippen molar-refractivity contribution in [2.75, 3.05) is 5.88 Å². The van der Waals surface area contributed by atoms with Crippen molar-refractivity contribution in [2.24, 2.45) is 11.3 Å². The Hall–Kier alpha value is -0.240. The van der Waals surface area contributed by atoms with E-state index in [1.807, 2.05) is 13.8 Å². The first-order chi connectivity index (χ1) is 6.45. The minimum Gasteiger partial charge on any atom is -0.353 e. The van der Waals surface area contributed by atoms with E-state index in [0.717, 1.165) is 12.3 Å². The number of rotatable bonds is 5. The maximum absolute atomic E-state index is 11.7. The van der Waals surface area contributed by atoms with Gasteiger partial charge in [-0.2, -0.15) is 0 Å². The monoisotopic (exact) mass is 217 g/mol. The summed E-state index contributed by atoms with van der Waals surface area (Å²) in [4.78, 5) is 11.7. The van der Waals surface area contributed by atoms with Gasteiger partial charge < -0.3 is 5.32 Å². The predicted octanol–water partition coefficient (Wildman–Crippen LogP) is 2.56. The van der Waals surface area contributed by atoms with Crippen LogP contribution in [0.15, 0.2) is 0 Å². The highest BCUT2D eigenvalue weighted by Crippen LogP contribution is 2.33. The van der Waals surface area contributed by atoms with Gasteiger partial charge in [-0.25, -0.2) is 0 Å². The maximum atomic E-state index is 11.7. The van der Waals surface area contributed by atoms with E-state index in [1.54, 1.807) is 0 Å². The maximum Gasteiger partial charge on any atom is 0.227 e. The molecule has 3 heteroatoms.